The van der Waals surface area contributed by atoms with Crippen molar-refractivity contribution in [2.24, 2.45) is 0 Å². The molecule has 1 aliphatic rings. The normalized spacial score (nSPS) is 25.1. The third kappa shape index (κ3) is 2.53. The van der Waals surface area contributed by atoms with Gasteiger partial charge in [-0.1, -0.05) is 0 Å². The number of ether oxygens (including phenoxy) is 1. The van der Waals surface area contributed by atoms with E-state index in [1.807, 2.05) is 13.0 Å². The molecule has 1 aromatic rings. The first-order chi connectivity index (χ1) is 7.25. The van der Waals surface area contributed by atoms with Crippen LogP contribution in [0.15, 0.2) is 24.5 Å². The first-order valence-electron chi connectivity index (χ1n) is 5.12. The molecule has 0 radical (unpaired) electrons. The highest BCUT2D eigenvalue weighted by atomic mass is 16.5. The van der Waals surface area contributed by atoms with Gasteiger partial charge in [-0.2, -0.15) is 0 Å². The second kappa shape index (κ2) is 4.40. The molecule has 1 aliphatic heterocycles. The van der Waals surface area contributed by atoms with Crippen molar-refractivity contribution >= 4 is 11.6 Å². The average molecular weight is 206 g/mol. The lowest BCUT2D eigenvalue weighted by Gasteiger charge is -2.11. The van der Waals surface area contributed by atoms with E-state index in [0.717, 1.165) is 12.8 Å². The Morgan fingerprint density at radius 3 is 3.07 bits per heavy atom. The molecular formula is C11H14N2O2. The molecule has 1 aromatic heterocycles. The molecule has 0 spiro atoms. The Morgan fingerprint density at radius 1 is 1.60 bits per heavy atom. The third-order valence-electron chi connectivity index (χ3n) is 2.45. The Hall–Kier alpha value is -1.42. The van der Waals surface area contributed by atoms with E-state index in [4.69, 9.17) is 4.74 Å². The summed E-state index contributed by atoms with van der Waals surface area (Å²) in [5, 5.41) is 2.78. The number of carbonyl (C=O) groups excluding carboxylic acids is 1. The maximum atomic E-state index is 11.7. The van der Waals surface area contributed by atoms with Gasteiger partial charge in [0.2, 0.25) is 0 Å². The molecule has 80 valence electrons. The van der Waals surface area contributed by atoms with Crippen molar-refractivity contribution in [2.45, 2.75) is 32.0 Å². The van der Waals surface area contributed by atoms with Gasteiger partial charge in [-0.3, -0.25) is 9.78 Å². The molecule has 15 heavy (non-hydrogen) atoms. The fourth-order valence-corrected chi connectivity index (χ4v) is 1.65. The van der Waals surface area contributed by atoms with Crippen LogP contribution in [0.1, 0.15) is 19.8 Å². The number of anilines is 1. The van der Waals surface area contributed by atoms with Crippen molar-refractivity contribution < 1.29 is 9.53 Å². The summed E-state index contributed by atoms with van der Waals surface area (Å²) < 4.78 is 5.46. The van der Waals surface area contributed by atoms with E-state index in [-0.39, 0.29) is 18.1 Å². The Kier molecular flexibility index (Phi) is 2.97. The van der Waals surface area contributed by atoms with Gasteiger partial charge in [-0.15, -0.1) is 0 Å². The lowest BCUT2D eigenvalue weighted by molar-refractivity contribution is -0.126. The Morgan fingerprint density at radius 2 is 2.47 bits per heavy atom. The van der Waals surface area contributed by atoms with Gasteiger partial charge in [-0.05, 0) is 31.9 Å². The average Bonchev–Trinajstić information content (AvgIpc) is 2.66. The minimum atomic E-state index is -0.305. The molecule has 2 heterocycles. The van der Waals surface area contributed by atoms with Gasteiger partial charge in [0.1, 0.15) is 6.10 Å². The fourth-order valence-electron chi connectivity index (χ4n) is 1.65. The number of pyridine rings is 1. The van der Waals surface area contributed by atoms with Gasteiger partial charge in [-0.25, -0.2) is 0 Å². The smallest absolute Gasteiger partial charge is 0.253 e. The molecule has 4 heteroatoms. The number of rotatable bonds is 2. The highest BCUT2D eigenvalue weighted by Gasteiger charge is 2.27. The summed E-state index contributed by atoms with van der Waals surface area (Å²) in [4.78, 5) is 15.6. The fraction of sp³-hybridized carbons (Fsp3) is 0.455. The van der Waals surface area contributed by atoms with Gasteiger partial charge < -0.3 is 10.1 Å². The van der Waals surface area contributed by atoms with Crippen molar-refractivity contribution in [2.75, 3.05) is 5.32 Å². The van der Waals surface area contributed by atoms with Crippen molar-refractivity contribution in [3.05, 3.63) is 24.5 Å². The topological polar surface area (TPSA) is 51.2 Å². The van der Waals surface area contributed by atoms with E-state index in [1.54, 1.807) is 18.5 Å². The first kappa shape index (κ1) is 10.1. The number of aromatic nitrogens is 1. The van der Waals surface area contributed by atoms with Crippen LogP contribution in [0.5, 0.6) is 0 Å². The minimum Gasteiger partial charge on any atom is -0.365 e. The van der Waals surface area contributed by atoms with E-state index >= 15 is 0 Å². The second-order valence-electron chi connectivity index (χ2n) is 3.74. The summed E-state index contributed by atoms with van der Waals surface area (Å²) in [5.74, 6) is -0.0765. The molecule has 2 atom stereocenters. The van der Waals surface area contributed by atoms with Gasteiger partial charge in [0.15, 0.2) is 0 Å². The van der Waals surface area contributed by atoms with Crippen LogP contribution in [0.2, 0.25) is 0 Å². The number of hydrogen-bond donors (Lipinski definition) is 1. The minimum absolute atomic E-state index is 0.0765. The van der Waals surface area contributed by atoms with Crippen molar-refractivity contribution in [1.29, 1.82) is 0 Å². The van der Waals surface area contributed by atoms with Crippen LogP contribution >= 0.6 is 0 Å². The summed E-state index contributed by atoms with van der Waals surface area (Å²) >= 11 is 0. The monoisotopic (exact) mass is 206 g/mol. The van der Waals surface area contributed by atoms with Crippen molar-refractivity contribution in [3.63, 3.8) is 0 Å². The van der Waals surface area contributed by atoms with Crippen molar-refractivity contribution in [3.8, 4) is 0 Å². The highest BCUT2D eigenvalue weighted by molar-refractivity contribution is 5.94. The van der Waals surface area contributed by atoms with Gasteiger partial charge >= 0.3 is 0 Å². The van der Waals surface area contributed by atoms with E-state index in [9.17, 15) is 4.79 Å². The number of amides is 1. The summed E-state index contributed by atoms with van der Waals surface area (Å²) in [6.07, 6.45) is 4.92. The first-order valence-corrected chi connectivity index (χ1v) is 5.12. The third-order valence-corrected chi connectivity index (χ3v) is 2.45. The zero-order chi connectivity index (χ0) is 10.7. The van der Waals surface area contributed by atoms with E-state index in [1.165, 1.54) is 0 Å². The van der Waals surface area contributed by atoms with Gasteiger partial charge in [0.05, 0.1) is 18.0 Å². The van der Waals surface area contributed by atoms with Crippen LogP contribution in [-0.2, 0) is 9.53 Å². The standard InChI is InChI=1S/C11H14N2O2/c1-8-4-5-10(15-8)11(14)13-9-3-2-6-12-7-9/h2-3,6-8,10H,4-5H2,1H3,(H,13,14)/t8-,10-/m0/s1. The molecule has 0 unspecified atom stereocenters. The molecule has 1 fully saturated rings. The lowest BCUT2D eigenvalue weighted by Crippen LogP contribution is -2.27. The molecule has 0 saturated carbocycles. The SMILES string of the molecule is C[C@H]1CC[C@@H](C(=O)Nc2cccnc2)O1. The molecule has 1 N–H and O–H groups in total. The molecule has 1 amide bonds. The van der Waals surface area contributed by atoms with Crippen molar-refractivity contribution in [1.82, 2.24) is 4.98 Å². The molecule has 2 rings (SSSR count). The summed E-state index contributed by atoms with van der Waals surface area (Å²) in [7, 11) is 0. The van der Waals surface area contributed by atoms with Crippen LogP contribution in [-0.4, -0.2) is 23.1 Å². The maximum absolute atomic E-state index is 11.7. The predicted molar refractivity (Wildman–Crippen MR) is 56.4 cm³/mol. The molecule has 0 bridgehead atoms. The van der Waals surface area contributed by atoms with Crippen LogP contribution in [0.3, 0.4) is 0 Å². The Bertz CT molecular complexity index is 340. The lowest BCUT2D eigenvalue weighted by atomic mass is 10.2. The van der Waals surface area contributed by atoms with E-state index in [2.05, 4.69) is 10.3 Å². The van der Waals surface area contributed by atoms with Crippen LogP contribution < -0.4 is 5.32 Å². The Labute approximate surface area is 88.7 Å². The largest absolute Gasteiger partial charge is 0.365 e. The molecule has 0 aliphatic carbocycles. The maximum Gasteiger partial charge on any atom is 0.253 e. The zero-order valence-corrected chi connectivity index (χ0v) is 8.64. The quantitative estimate of drug-likeness (QED) is 0.799. The number of carbonyl (C=O) groups is 1. The van der Waals surface area contributed by atoms with E-state index < -0.39 is 0 Å². The van der Waals surface area contributed by atoms with Crippen LogP contribution in [0, 0.1) is 0 Å². The molecule has 0 aromatic carbocycles. The van der Waals surface area contributed by atoms with Gasteiger partial charge in [0, 0.05) is 6.20 Å². The van der Waals surface area contributed by atoms with Crippen LogP contribution in [0.25, 0.3) is 0 Å². The number of hydrogen-bond acceptors (Lipinski definition) is 3. The summed E-state index contributed by atoms with van der Waals surface area (Å²) in [6.45, 7) is 1.98. The van der Waals surface area contributed by atoms with E-state index in [0.29, 0.717) is 5.69 Å². The summed E-state index contributed by atoms with van der Waals surface area (Å²) in [6, 6.07) is 3.59. The Balaban J connectivity index is 1.93. The number of nitrogens with one attached hydrogen (secondary N) is 1. The zero-order valence-electron chi connectivity index (χ0n) is 8.64. The van der Waals surface area contributed by atoms with Crippen LogP contribution in [0.4, 0.5) is 5.69 Å². The summed E-state index contributed by atoms with van der Waals surface area (Å²) in [5.41, 5.74) is 0.714. The predicted octanol–water partition coefficient (Wildman–Crippen LogP) is 1.59. The highest BCUT2D eigenvalue weighted by Crippen LogP contribution is 2.20. The molecular weight excluding hydrogens is 192 g/mol. The molecule has 4 nitrogen and oxygen atoms in total. The second-order valence-corrected chi connectivity index (χ2v) is 3.74. The van der Waals surface area contributed by atoms with Gasteiger partial charge in [0.25, 0.3) is 5.91 Å². The molecule has 1 saturated heterocycles. The number of nitrogens with zero attached hydrogens (tertiary/aromatic N) is 1.